The van der Waals surface area contributed by atoms with Crippen LogP contribution < -0.4 is 0 Å². The summed E-state index contributed by atoms with van der Waals surface area (Å²) >= 11 is 3.55. The van der Waals surface area contributed by atoms with E-state index in [1.165, 1.54) is 4.91 Å². The Hall–Kier alpha value is 0.440. The second kappa shape index (κ2) is 4.60. The van der Waals surface area contributed by atoms with Crippen LogP contribution in [-0.2, 0) is 0 Å². The van der Waals surface area contributed by atoms with Gasteiger partial charge >= 0.3 is 0 Å². The second-order valence-electron chi connectivity index (χ2n) is 1.18. The highest BCUT2D eigenvalue weighted by Gasteiger charge is 1.84. The first-order valence-electron chi connectivity index (χ1n) is 2.02. The molecular weight excluding hydrogens is 124 g/mol. The molecule has 0 rings (SSSR count). The van der Waals surface area contributed by atoms with E-state index in [1.54, 1.807) is 11.8 Å². The lowest BCUT2D eigenvalue weighted by Crippen LogP contribution is -1.73. The first-order valence-corrected chi connectivity index (χ1v) is 4.63. The Morgan fingerprint density at radius 2 is 2.14 bits per heavy atom. The molecule has 0 spiro atoms. The lowest BCUT2D eigenvalue weighted by atomic mass is 10.7. The van der Waals surface area contributed by atoms with Gasteiger partial charge in [-0.1, -0.05) is 6.58 Å². The van der Waals surface area contributed by atoms with Crippen molar-refractivity contribution in [1.82, 2.24) is 0 Å². The van der Waals surface area contributed by atoms with E-state index in [0.29, 0.717) is 0 Å². The minimum absolute atomic E-state index is 1.08. The largest absolute Gasteiger partial charge is 0.160 e. The molecule has 0 fully saturated rings. The van der Waals surface area contributed by atoms with Gasteiger partial charge in [-0.3, -0.25) is 0 Å². The molecule has 0 saturated carbocycles. The molecule has 0 atom stereocenters. The first-order chi connectivity index (χ1) is 3.31. The molecule has 7 heavy (non-hydrogen) atoms. The van der Waals surface area contributed by atoms with Crippen molar-refractivity contribution in [2.24, 2.45) is 0 Å². The molecule has 0 heterocycles. The molecule has 2 heteroatoms. The van der Waals surface area contributed by atoms with Gasteiger partial charge in [0.25, 0.3) is 0 Å². The molecule has 0 N–H and O–H groups in total. The molecule has 0 aromatic rings. The van der Waals surface area contributed by atoms with Crippen LogP contribution in [-0.4, -0.2) is 18.3 Å². The van der Waals surface area contributed by atoms with E-state index in [1.807, 2.05) is 11.8 Å². The fourth-order valence-electron chi connectivity index (χ4n) is 0.220. The van der Waals surface area contributed by atoms with E-state index >= 15 is 0 Å². The zero-order valence-corrected chi connectivity index (χ0v) is 6.36. The highest BCUT2D eigenvalue weighted by Crippen LogP contribution is 2.12. The zero-order chi connectivity index (χ0) is 5.70. The lowest BCUT2D eigenvalue weighted by molar-refractivity contribution is 1.76. The Kier molecular flexibility index (Phi) is 4.88. The van der Waals surface area contributed by atoms with Crippen molar-refractivity contribution in [1.29, 1.82) is 0 Å². The number of hydrogen-bond donors (Lipinski definition) is 0. The zero-order valence-electron chi connectivity index (χ0n) is 4.73. The van der Waals surface area contributed by atoms with Gasteiger partial charge in [0.05, 0.1) is 0 Å². The highest BCUT2D eigenvalue weighted by molar-refractivity contribution is 8.05. The molecule has 42 valence electrons. The van der Waals surface area contributed by atoms with E-state index < -0.39 is 0 Å². The van der Waals surface area contributed by atoms with Gasteiger partial charge in [-0.05, 0) is 17.4 Å². The van der Waals surface area contributed by atoms with E-state index in [0.717, 1.165) is 5.75 Å². The summed E-state index contributed by atoms with van der Waals surface area (Å²) in [6, 6.07) is 0. The van der Waals surface area contributed by atoms with Crippen LogP contribution in [0, 0.1) is 0 Å². The predicted octanol–water partition coefficient (Wildman–Crippen LogP) is 2.23. The topological polar surface area (TPSA) is 0 Å². The van der Waals surface area contributed by atoms with Crippen LogP contribution in [0.1, 0.15) is 0 Å². The molecule has 0 aliphatic carbocycles. The summed E-state index contributed by atoms with van der Waals surface area (Å²) in [7, 11) is 0. The quantitative estimate of drug-likeness (QED) is 0.580. The first kappa shape index (κ1) is 7.44. The Balaban J connectivity index is 3.00. The SMILES string of the molecule is C=C(CSC)SC. The summed E-state index contributed by atoms with van der Waals surface area (Å²) in [5, 5.41) is 0. The van der Waals surface area contributed by atoms with Crippen molar-refractivity contribution in [2.45, 2.75) is 0 Å². The summed E-state index contributed by atoms with van der Waals surface area (Å²) in [5.41, 5.74) is 0. The molecule has 0 radical (unpaired) electrons. The average molecular weight is 134 g/mol. The molecule has 0 aliphatic heterocycles. The molecule has 0 bridgehead atoms. The van der Waals surface area contributed by atoms with Crippen LogP contribution in [0.5, 0.6) is 0 Å². The number of hydrogen-bond acceptors (Lipinski definition) is 2. The van der Waals surface area contributed by atoms with Gasteiger partial charge in [-0.15, -0.1) is 11.8 Å². The summed E-state index contributed by atoms with van der Waals surface area (Å²) in [5.74, 6) is 1.08. The summed E-state index contributed by atoms with van der Waals surface area (Å²) in [4.78, 5) is 1.26. The van der Waals surface area contributed by atoms with Crippen LogP contribution in [0.2, 0.25) is 0 Å². The van der Waals surface area contributed by atoms with Crippen molar-refractivity contribution in [2.75, 3.05) is 18.3 Å². The molecule has 0 saturated heterocycles. The molecule has 0 aromatic carbocycles. The molecular formula is C5H10S2. The monoisotopic (exact) mass is 134 g/mol. The fourth-order valence-corrected chi connectivity index (χ4v) is 1.37. The van der Waals surface area contributed by atoms with E-state index in [-0.39, 0.29) is 0 Å². The van der Waals surface area contributed by atoms with Gasteiger partial charge in [-0.25, -0.2) is 0 Å². The standard InChI is InChI=1S/C5H10S2/c1-5(7-3)4-6-2/h1,4H2,2-3H3. The third-order valence-electron chi connectivity index (χ3n) is 0.594. The summed E-state index contributed by atoms with van der Waals surface area (Å²) < 4.78 is 0. The maximum absolute atomic E-state index is 3.81. The number of thioether (sulfide) groups is 2. The Labute approximate surface area is 53.8 Å². The maximum atomic E-state index is 3.81. The van der Waals surface area contributed by atoms with Crippen molar-refractivity contribution in [3.05, 3.63) is 11.5 Å². The second-order valence-corrected chi connectivity index (χ2v) is 3.03. The van der Waals surface area contributed by atoms with Crippen molar-refractivity contribution in [3.63, 3.8) is 0 Å². The Morgan fingerprint density at radius 1 is 1.57 bits per heavy atom. The third-order valence-corrected chi connectivity index (χ3v) is 2.14. The van der Waals surface area contributed by atoms with E-state index in [9.17, 15) is 0 Å². The molecule has 0 amide bonds. The van der Waals surface area contributed by atoms with Gasteiger partial charge in [0.2, 0.25) is 0 Å². The average Bonchev–Trinajstić information content (AvgIpc) is 1.68. The van der Waals surface area contributed by atoms with Crippen molar-refractivity contribution in [3.8, 4) is 0 Å². The number of rotatable bonds is 3. The summed E-state index contributed by atoms with van der Waals surface area (Å²) in [6.07, 6.45) is 4.14. The van der Waals surface area contributed by atoms with Gasteiger partial charge in [0.1, 0.15) is 0 Å². The highest BCUT2D eigenvalue weighted by atomic mass is 32.2. The fraction of sp³-hybridized carbons (Fsp3) is 0.600. The van der Waals surface area contributed by atoms with Gasteiger partial charge < -0.3 is 0 Å². The van der Waals surface area contributed by atoms with Crippen LogP contribution in [0.4, 0.5) is 0 Å². The molecule has 0 nitrogen and oxygen atoms in total. The minimum Gasteiger partial charge on any atom is -0.160 e. The third kappa shape index (κ3) is 4.29. The molecule has 0 unspecified atom stereocenters. The Morgan fingerprint density at radius 3 is 2.29 bits per heavy atom. The van der Waals surface area contributed by atoms with Crippen molar-refractivity contribution < 1.29 is 0 Å². The van der Waals surface area contributed by atoms with Gasteiger partial charge in [0.15, 0.2) is 0 Å². The van der Waals surface area contributed by atoms with Gasteiger partial charge in [-0.2, -0.15) is 11.8 Å². The van der Waals surface area contributed by atoms with Crippen LogP contribution >= 0.6 is 23.5 Å². The molecule has 0 aromatic heterocycles. The van der Waals surface area contributed by atoms with Crippen LogP contribution in [0.15, 0.2) is 11.5 Å². The maximum Gasteiger partial charge on any atom is 0.0235 e. The Bertz CT molecular complexity index is 59.1. The molecule has 0 aliphatic rings. The van der Waals surface area contributed by atoms with E-state index in [4.69, 9.17) is 0 Å². The lowest BCUT2D eigenvalue weighted by Gasteiger charge is -1.93. The summed E-state index contributed by atoms with van der Waals surface area (Å²) in [6.45, 7) is 3.81. The van der Waals surface area contributed by atoms with Crippen molar-refractivity contribution >= 4 is 23.5 Å². The van der Waals surface area contributed by atoms with Gasteiger partial charge in [0, 0.05) is 5.75 Å². The van der Waals surface area contributed by atoms with E-state index in [2.05, 4.69) is 19.1 Å². The van der Waals surface area contributed by atoms with Crippen LogP contribution in [0.25, 0.3) is 0 Å². The normalized spacial score (nSPS) is 8.86. The predicted molar refractivity (Wildman–Crippen MR) is 41.0 cm³/mol. The smallest absolute Gasteiger partial charge is 0.0235 e. The van der Waals surface area contributed by atoms with Crippen LogP contribution in [0.3, 0.4) is 0 Å². The minimum atomic E-state index is 1.08.